The number of amides is 1. The summed E-state index contributed by atoms with van der Waals surface area (Å²) in [6, 6.07) is 17.3. The molecule has 0 fully saturated rings. The highest BCUT2D eigenvalue weighted by molar-refractivity contribution is 6.01. The summed E-state index contributed by atoms with van der Waals surface area (Å²) in [5.41, 5.74) is 1.99. The van der Waals surface area contributed by atoms with Gasteiger partial charge in [-0.25, -0.2) is 0 Å². The molecule has 5 nitrogen and oxygen atoms in total. The van der Waals surface area contributed by atoms with E-state index in [-0.39, 0.29) is 11.5 Å². The van der Waals surface area contributed by atoms with E-state index in [1.807, 2.05) is 31.2 Å². The highest BCUT2D eigenvalue weighted by Gasteiger charge is 2.10. The number of ether oxygens (including phenoxy) is 2. The van der Waals surface area contributed by atoms with Crippen molar-refractivity contribution in [1.29, 1.82) is 5.26 Å². The molecule has 1 N–H and O–H groups in total. The summed E-state index contributed by atoms with van der Waals surface area (Å²) in [5.74, 6) is 0.812. The average Bonchev–Trinajstić information content (AvgIpc) is 2.70. The summed E-state index contributed by atoms with van der Waals surface area (Å²) < 4.78 is 10.8. The van der Waals surface area contributed by atoms with Crippen molar-refractivity contribution in [3.63, 3.8) is 0 Å². The fraction of sp³-hybridized carbons (Fsp3) is 0.273. The Morgan fingerprint density at radius 1 is 1.19 bits per heavy atom. The van der Waals surface area contributed by atoms with E-state index in [4.69, 9.17) is 9.47 Å². The zero-order valence-corrected chi connectivity index (χ0v) is 15.7. The lowest BCUT2D eigenvalue weighted by Gasteiger charge is -2.10. The quantitative estimate of drug-likeness (QED) is 0.418. The van der Waals surface area contributed by atoms with Crippen molar-refractivity contribution >= 4 is 12.0 Å². The Kier molecular flexibility index (Phi) is 7.92. The second-order valence-electron chi connectivity index (χ2n) is 5.86. The van der Waals surface area contributed by atoms with Crippen LogP contribution in [0.15, 0.2) is 54.1 Å². The summed E-state index contributed by atoms with van der Waals surface area (Å²) in [4.78, 5) is 12.3. The molecule has 0 saturated carbocycles. The number of carbonyl (C=O) groups is 1. The van der Waals surface area contributed by atoms with Gasteiger partial charge in [0.05, 0.1) is 13.7 Å². The SMILES string of the molecule is CCOc1cc(/C=C(/C#N)C(=O)NCCCc2ccccc2)ccc1OC. The van der Waals surface area contributed by atoms with Crippen LogP contribution in [0.4, 0.5) is 0 Å². The summed E-state index contributed by atoms with van der Waals surface area (Å²) in [6.07, 6.45) is 3.24. The number of aryl methyl sites for hydroxylation is 1. The molecule has 0 aliphatic carbocycles. The first-order valence-electron chi connectivity index (χ1n) is 8.92. The number of hydrogen-bond donors (Lipinski definition) is 1. The zero-order valence-electron chi connectivity index (χ0n) is 15.7. The number of methoxy groups -OCH3 is 1. The molecule has 0 atom stereocenters. The Hall–Kier alpha value is -3.26. The minimum atomic E-state index is -0.376. The third-order valence-electron chi connectivity index (χ3n) is 3.93. The lowest BCUT2D eigenvalue weighted by molar-refractivity contribution is -0.117. The second kappa shape index (κ2) is 10.7. The van der Waals surface area contributed by atoms with Crippen molar-refractivity contribution in [3.8, 4) is 17.6 Å². The number of nitrogens with one attached hydrogen (secondary N) is 1. The molecule has 0 aliphatic heterocycles. The maximum absolute atomic E-state index is 12.3. The van der Waals surface area contributed by atoms with Crippen molar-refractivity contribution in [2.45, 2.75) is 19.8 Å². The van der Waals surface area contributed by atoms with Gasteiger partial charge in [-0.2, -0.15) is 5.26 Å². The number of rotatable bonds is 9. The molecule has 0 radical (unpaired) electrons. The van der Waals surface area contributed by atoms with Gasteiger partial charge in [-0.3, -0.25) is 4.79 Å². The van der Waals surface area contributed by atoms with Crippen molar-refractivity contribution in [1.82, 2.24) is 5.32 Å². The zero-order chi connectivity index (χ0) is 19.5. The molecule has 0 unspecified atom stereocenters. The van der Waals surface area contributed by atoms with E-state index in [2.05, 4.69) is 17.4 Å². The number of carbonyl (C=O) groups excluding carboxylic acids is 1. The van der Waals surface area contributed by atoms with Crippen molar-refractivity contribution in [3.05, 3.63) is 65.2 Å². The highest BCUT2D eigenvalue weighted by atomic mass is 16.5. The van der Waals surface area contributed by atoms with E-state index in [0.29, 0.717) is 30.2 Å². The fourth-order valence-corrected chi connectivity index (χ4v) is 2.60. The predicted octanol–water partition coefficient (Wildman–Crippen LogP) is 3.75. The van der Waals surface area contributed by atoms with Gasteiger partial charge in [0.25, 0.3) is 5.91 Å². The Morgan fingerprint density at radius 3 is 2.63 bits per heavy atom. The molecule has 2 aromatic rings. The van der Waals surface area contributed by atoms with Gasteiger partial charge in [0.2, 0.25) is 0 Å². The van der Waals surface area contributed by atoms with Crippen LogP contribution in [0.25, 0.3) is 6.08 Å². The van der Waals surface area contributed by atoms with Crippen LogP contribution < -0.4 is 14.8 Å². The molecular weight excluding hydrogens is 340 g/mol. The number of benzene rings is 2. The Bertz CT molecular complexity index is 823. The molecule has 27 heavy (non-hydrogen) atoms. The van der Waals surface area contributed by atoms with Crippen LogP contribution in [-0.4, -0.2) is 26.2 Å². The van der Waals surface area contributed by atoms with E-state index in [1.54, 1.807) is 31.4 Å². The van der Waals surface area contributed by atoms with E-state index >= 15 is 0 Å². The Morgan fingerprint density at radius 2 is 1.96 bits per heavy atom. The van der Waals surface area contributed by atoms with Crippen molar-refractivity contribution < 1.29 is 14.3 Å². The van der Waals surface area contributed by atoms with Crippen LogP contribution in [0.3, 0.4) is 0 Å². The standard InChI is InChI=1S/C22H24N2O3/c1-3-27-21-15-18(11-12-20(21)26-2)14-19(16-23)22(25)24-13-7-10-17-8-5-4-6-9-17/h4-6,8-9,11-12,14-15H,3,7,10,13H2,1-2H3,(H,24,25)/b19-14-. The van der Waals surface area contributed by atoms with E-state index in [1.165, 1.54) is 5.56 Å². The van der Waals surface area contributed by atoms with Crippen LogP contribution in [-0.2, 0) is 11.2 Å². The summed E-state index contributed by atoms with van der Waals surface area (Å²) in [7, 11) is 1.57. The number of nitrogens with zero attached hydrogens (tertiary/aromatic N) is 1. The molecule has 1 amide bonds. The Labute approximate surface area is 160 Å². The van der Waals surface area contributed by atoms with Gasteiger partial charge in [-0.1, -0.05) is 36.4 Å². The smallest absolute Gasteiger partial charge is 0.261 e. The van der Waals surface area contributed by atoms with Crippen LogP contribution in [0.2, 0.25) is 0 Å². The molecule has 140 valence electrons. The molecule has 2 rings (SSSR count). The highest BCUT2D eigenvalue weighted by Crippen LogP contribution is 2.28. The van der Waals surface area contributed by atoms with Crippen LogP contribution in [0.1, 0.15) is 24.5 Å². The summed E-state index contributed by atoms with van der Waals surface area (Å²) >= 11 is 0. The van der Waals surface area contributed by atoms with Gasteiger partial charge < -0.3 is 14.8 Å². The van der Waals surface area contributed by atoms with Gasteiger partial charge in [0, 0.05) is 6.54 Å². The molecule has 0 saturated heterocycles. The molecule has 0 spiro atoms. The van der Waals surface area contributed by atoms with Gasteiger partial charge in [-0.15, -0.1) is 0 Å². The molecule has 0 heterocycles. The van der Waals surface area contributed by atoms with Gasteiger partial charge in [0.15, 0.2) is 11.5 Å². The van der Waals surface area contributed by atoms with Gasteiger partial charge >= 0.3 is 0 Å². The molecular formula is C22H24N2O3. The molecule has 0 aliphatic rings. The van der Waals surface area contributed by atoms with Crippen molar-refractivity contribution in [2.24, 2.45) is 0 Å². The summed E-state index contributed by atoms with van der Waals surface area (Å²) in [6.45, 7) is 2.89. The maximum Gasteiger partial charge on any atom is 0.261 e. The normalized spacial score (nSPS) is 10.8. The van der Waals surface area contributed by atoms with Gasteiger partial charge in [-0.05, 0) is 49.1 Å². The fourth-order valence-electron chi connectivity index (χ4n) is 2.60. The topological polar surface area (TPSA) is 71.3 Å². The lowest BCUT2D eigenvalue weighted by Crippen LogP contribution is -2.25. The minimum absolute atomic E-state index is 0.0577. The molecule has 2 aromatic carbocycles. The third-order valence-corrected chi connectivity index (χ3v) is 3.93. The van der Waals surface area contributed by atoms with E-state index < -0.39 is 0 Å². The largest absolute Gasteiger partial charge is 0.493 e. The molecule has 0 aromatic heterocycles. The Balaban J connectivity index is 1.97. The second-order valence-corrected chi connectivity index (χ2v) is 5.86. The first kappa shape index (κ1) is 20.1. The van der Waals surface area contributed by atoms with Crippen LogP contribution in [0.5, 0.6) is 11.5 Å². The lowest BCUT2D eigenvalue weighted by atomic mass is 10.1. The van der Waals surface area contributed by atoms with Gasteiger partial charge in [0.1, 0.15) is 11.6 Å². The number of hydrogen-bond acceptors (Lipinski definition) is 4. The van der Waals surface area contributed by atoms with Crippen LogP contribution in [0, 0.1) is 11.3 Å². The summed E-state index contributed by atoms with van der Waals surface area (Å²) in [5, 5.41) is 12.1. The van der Waals surface area contributed by atoms with E-state index in [0.717, 1.165) is 12.8 Å². The predicted molar refractivity (Wildman–Crippen MR) is 106 cm³/mol. The minimum Gasteiger partial charge on any atom is -0.493 e. The van der Waals surface area contributed by atoms with E-state index in [9.17, 15) is 10.1 Å². The monoisotopic (exact) mass is 364 g/mol. The molecule has 0 bridgehead atoms. The van der Waals surface area contributed by atoms with Crippen LogP contribution >= 0.6 is 0 Å². The first-order valence-corrected chi connectivity index (χ1v) is 8.92. The third kappa shape index (κ3) is 6.19. The number of nitriles is 1. The maximum atomic E-state index is 12.3. The first-order chi connectivity index (χ1) is 13.2. The van der Waals surface area contributed by atoms with Crippen molar-refractivity contribution in [2.75, 3.05) is 20.3 Å². The average molecular weight is 364 g/mol. The molecule has 5 heteroatoms.